The van der Waals surface area contributed by atoms with E-state index in [9.17, 15) is 19.2 Å². The predicted molar refractivity (Wildman–Crippen MR) is 257 cm³/mol. The van der Waals surface area contributed by atoms with Crippen molar-refractivity contribution in [3.8, 4) is 16.2 Å². The minimum absolute atomic E-state index is 0.0282. The van der Waals surface area contributed by atoms with Crippen molar-refractivity contribution < 1.29 is 28.3 Å². The second kappa shape index (κ2) is 17.3. The van der Waals surface area contributed by atoms with Crippen LogP contribution in [0.5, 0.6) is 5.75 Å². The van der Waals surface area contributed by atoms with Crippen LogP contribution in [-0.4, -0.2) is 77.4 Å². The highest BCUT2D eigenvalue weighted by Gasteiger charge is 2.56. The molecule has 14 heteroatoms. The van der Waals surface area contributed by atoms with Gasteiger partial charge >= 0.3 is 0 Å². The summed E-state index contributed by atoms with van der Waals surface area (Å²) in [6.07, 6.45) is 7.78. The van der Waals surface area contributed by atoms with E-state index in [0.29, 0.717) is 58.1 Å². The average molecular weight is 917 g/mol. The Bertz CT molecular complexity index is 2800. The van der Waals surface area contributed by atoms with Crippen LogP contribution in [0.2, 0.25) is 5.02 Å². The predicted octanol–water partition coefficient (Wildman–Crippen LogP) is 11.0. The Morgan fingerprint density at radius 3 is 2.64 bits per heavy atom. The number of aromatic nitrogens is 1. The van der Waals surface area contributed by atoms with Gasteiger partial charge in [0.05, 0.1) is 16.6 Å². The Morgan fingerprint density at radius 1 is 1.05 bits per heavy atom. The summed E-state index contributed by atoms with van der Waals surface area (Å²) in [4.78, 5) is 58.3. The molecule has 3 fully saturated rings. The van der Waals surface area contributed by atoms with E-state index in [1.165, 1.54) is 22.5 Å². The van der Waals surface area contributed by atoms with E-state index in [-0.39, 0.29) is 23.8 Å². The molecule has 0 spiro atoms. The highest BCUT2D eigenvalue weighted by atomic mass is 35.5. The number of carbonyl (C=O) groups excluding carboxylic acids is 4. The topological polar surface area (TPSA) is 125 Å². The zero-order valence-electron chi connectivity index (χ0n) is 36.1. The molecule has 4 atom stereocenters. The number of carbonyl (C=O) groups is 4. The number of benzene rings is 4. The molecule has 2 saturated heterocycles. The van der Waals surface area contributed by atoms with Crippen molar-refractivity contribution in [1.29, 1.82) is 0 Å². The summed E-state index contributed by atoms with van der Waals surface area (Å²) in [5, 5.41) is 6.27. The van der Waals surface area contributed by atoms with Gasteiger partial charge in [0.25, 0.3) is 11.9 Å². The Hall–Kier alpha value is -5.21. The van der Waals surface area contributed by atoms with Crippen molar-refractivity contribution in [2.45, 2.75) is 94.6 Å². The lowest BCUT2D eigenvalue weighted by atomic mass is 9.84. The second-order valence-electron chi connectivity index (χ2n) is 18.0. The van der Waals surface area contributed by atoms with E-state index >= 15 is 0 Å². The minimum Gasteiger partial charge on any atom is -0.483 e. The fourth-order valence-corrected chi connectivity index (χ4v) is 13.6. The van der Waals surface area contributed by atoms with Gasteiger partial charge in [-0.25, -0.2) is 4.31 Å². The molecule has 4 unspecified atom stereocenters. The molecule has 2 aromatic heterocycles. The zero-order valence-corrected chi connectivity index (χ0v) is 38.4. The van der Waals surface area contributed by atoms with Gasteiger partial charge in [-0.3, -0.25) is 19.3 Å². The third-order valence-corrected chi connectivity index (χ3v) is 17.0. The van der Waals surface area contributed by atoms with Crippen molar-refractivity contribution in [1.82, 2.24) is 9.29 Å². The van der Waals surface area contributed by atoms with Gasteiger partial charge in [0.2, 0.25) is 0 Å². The van der Waals surface area contributed by atoms with Gasteiger partial charge in [0.1, 0.15) is 28.3 Å². The molecule has 3 aliphatic heterocycles. The van der Waals surface area contributed by atoms with Crippen LogP contribution in [0.15, 0.2) is 77.2 Å². The number of nitrogens with one attached hydrogen (secondary N) is 1. The van der Waals surface area contributed by atoms with Gasteiger partial charge < -0.3 is 24.2 Å². The van der Waals surface area contributed by atoms with E-state index in [1.54, 1.807) is 4.90 Å². The second-order valence-corrected chi connectivity index (χ2v) is 20.3. The molecule has 1 amide bonds. The van der Waals surface area contributed by atoms with Gasteiger partial charge in [-0.05, 0) is 116 Å². The van der Waals surface area contributed by atoms with Gasteiger partial charge in [-0.15, -0.1) is 11.3 Å². The Kier molecular flexibility index (Phi) is 11.6. The van der Waals surface area contributed by atoms with Gasteiger partial charge in [0.15, 0.2) is 23.9 Å². The number of nitrogens with zero attached hydrogens (tertiary/aromatic N) is 4. The fourth-order valence-electron chi connectivity index (χ4n) is 10.9. The van der Waals surface area contributed by atoms with Crippen LogP contribution >= 0.6 is 34.9 Å². The van der Waals surface area contributed by atoms with Crippen LogP contribution in [0, 0.1) is 5.92 Å². The number of hydrogen-bond acceptors (Lipinski definition) is 12. The minimum atomic E-state index is -0.455. The van der Waals surface area contributed by atoms with Crippen LogP contribution in [0.1, 0.15) is 96.4 Å². The molecule has 330 valence electrons. The lowest BCUT2D eigenvalue weighted by Crippen LogP contribution is -2.51. The smallest absolute Gasteiger partial charge is 0.298 e. The molecule has 4 aromatic carbocycles. The van der Waals surface area contributed by atoms with Crippen LogP contribution < -0.4 is 19.9 Å². The lowest BCUT2D eigenvalue weighted by Gasteiger charge is -2.44. The number of fused-ring (bicyclic) bond motifs is 3. The standard InChI is InChI=1S/C50H50ClN5O6S2/c1-4-7-33(26-58)55-41-14-13-35(36-10-6-11-37(44(36)41)48(55)60)30-16-18-54(19-17-30)49-53-40-22-29(12-15-42(40)62-49)28-63-56-34-24-38(50(56,2)3)39(25-34)52-32-9-5-8-31(23-32)47-45(51)46(61-21-20-57)43(27-59)64-47/h5-6,8-15,20,22-23,26-27,30,33-34,38-39,52H,4,7,16-19,21,24-25,28H2,1-3H3. The molecule has 64 heavy (non-hydrogen) atoms. The fraction of sp³-hybridized carbons (Fsp3) is 0.380. The first kappa shape index (κ1) is 42.7. The summed E-state index contributed by atoms with van der Waals surface area (Å²) < 4.78 is 14.4. The van der Waals surface area contributed by atoms with Crippen molar-refractivity contribution in [3.63, 3.8) is 0 Å². The summed E-state index contributed by atoms with van der Waals surface area (Å²) in [5.74, 6) is 1.80. The van der Waals surface area contributed by atoms with E-state index < -0.39 is 6.04 Å². The number of thiophene rings is 1. The number of halogens is 1. The maximum atomic E-state index is 13.5. The lowest BCUT2D eigenvalue weighted by molar-refractivity contribution is -0.110. The van der Waals surface area contributed by atoms with E-state index in [4.69, 9.17) is 25.7 Å². The molecule has 4 aliphatic rings. The number of oxazole rings is 1. The average Bonchev–Trinajstić information content (AvgIpc) is 4.11. The van der Waals surface area contributed by atoms with Crippen molar-refractivity contribution >= 4 is 98.9 Å². The van der Waals surface area contributed by atoms with E-state index in [1.807, 2.05) is 43.1 Å². The molecule has 0 radical (unpaired) electrons. The molecule has 1 saturated carbocycles. The first-order valence-electron chi connectivity index (χ1n) is 22.2. The van der Waals surface area contributed by atoms with Crippen LogP contribution in [0.4, 0.5) is 17.4 Å². The Balaban J connectivity index is 0.767. The number of aldehydes is 3. The maximum absolute atomic E-state index is 13.5. The molecule has 11 nitrogen and oxygen atoms in total. The highest BCUT2D eigenvalue weighted by molar-refractivity contribution is 7.96. The largest absolute Gasteiger partial charge is 0.483 e. The number of amides is 1. The monoisotopic (exact) mass is 915 g/mol. The molecule has 10 rings (SSSR count). The molecular weight excluding hydrogens is 866 g/mol. The number of ether oxygens (including phenoxy) is 1. The van der Waals surface area contributed by atoms with Gasteiger partial charge in [-0.1, -0.05) is 73.3 Å². The van der Waals surface area contributed by atoms with E-state index in [2.05, 4.69) is 76.9 Å². The summed E-state index contributed by atoms with van der Waals surface area (Å²) in [7, 11) is 0. The highest BCUT2D eigenvalue weighted by Crippen LogP contribution is 2.54. The van der Waals surface area contributed by atoms with Gasteiger partial charge in [-0.2, -0.15) is 4.98 Å². The number of piperidine rings is 2. The van der Waals surface area contributed by atoms with Gasteiger partial charge in [0, 0.05) is 53.1 Å². The molecule has 1 aliphatic carbocycles. The van der Waals surface area contributed by atoms with Crippen molar-refractivity contribution in [2.24, 2.45) is 5.92 Å². The summed E-state index contributed by atoms with van der Waals surface area (Å²) >= 11 is 9.83. The van der Waals surface area contributed by atoms with Crippen LogP contribution in [0.3, 0.4) is 0 Å². The third kappa shape index (κ3) is 7.38. The molecule has 5 heterocycles. The first-order valence-corrected chi connectivity index (χ1v) is 24.4. The summed E-state index contributed by atoms with van der Waals surface area (Å²) in [5.41, 5.74) is 7.54. The summed E-state index contributed by atoms with van der Waals surface area (Å²) in [6, 6.07) is 25.7. The Labute approximate surface area is 385 Å². The third-order valence-electron chi connectivity index (χ3n) is 13.9. The number of anilines is 3. The Morgan fingerprint density at radius 2 is 1.88 bits per heavy atom. The zero-order chi connectivity index (χ0) is 44.3. The molecule has 1 N–H and O–H groups in total. The van der Waals surface area contributed by atoms with Crippen molar-refractivity contribution in [2.75, 3.05) is 34.8 Å². The normalized spacial score (nSPS) is 21.0. The maximum Gasteiger partial charge on any atom is 0.298 e. The van der Waals surface area contributed by atoms with Crippen LogP contribution in [-0.2, 0) is 15.3 Å². The number of rotatable bonds is 16. The molecule has 2 bridgehead atoms. The SMILES string of the molecule is CCCC(C=O)N1C(=O)c2cccc3c(C4CCN(c5nc6cc(CSN7C8CC(Nc9cccc(-c%10sc(C=O)c(OCC=O)c%10Cl)c9)C(C8)C7(C)C)ccc6o5)CC4)ccc1c23. The molecular formula is C50H50ClN5O6S2. The quantitative estimate of drug-likeness (QED) is 0.0737. The first-order chi connectivity index (χ1) is 31.1. The summed E-state index contributed by atoms with van der Waals surface area (Å²) in [6.45, 7) is 8.22. The van der Waals surface area contributed by atoms with E-state index in [0.717, 1.165) is 107 Å². The van der Waals surface area contributed by atoms with Crippen LogP contribution in [0.25, 0.3) is 32.3 Å². The number of hydrogen-bond donors (Lipinski definition) is 1. The van der Waals surface area contributed by atoms with Crippen molar-refractivity contribution in [3.05, 3.63) is 99.4 Å². The molecule has 6 aromatic rings.